The Hall–Kier alpha value is -1.85. The number of nitrogens with one attached hydrogen (secondary N) is 1. The van der Waals surface area contributed by atoms with Crippen molar-refractivity contribution < 1.29 is 9.53 Å². The van der Waals surface area contributed by atoms with E-state index in [9.17, 15) is 4.79 Å². The fourth-order valence-electron chi connectivity index (χ4n) is 2.52. The fourth-order valence-corrected chi connectivity index (χ4v) is 2.52. The lowest BCUT2D eigenvalue weighted by Gasteiger charge is -2.27. The largest absolute Gasteiger partial charge is 0.476 e. The third-order valence-corrected chi connectivity index (χ3v) is 3.91. The van der Waals surface area contributed by atoms with E-state index in [0.29, 0.717) is 19.0 Å². The van der Waals surface area contributed by atoms with Gasteiger partial charge in [0.05, 0.1) is 6.54 Å². The van der Waals surface area contributed by atoms with Gasteiger partial charge in [-0.1, -0.05) is 0 Å². The smallest absolute Gasteiger partial charge is 0.223 e. The average molecular weight is 290 g/mol. The molecule has 1 aliphatic heterocycles. The minimum absolute atomic E-state index is 0.148. The van der Waals surface area contributed by atoms with E-state index >= 15 is 0 Å². The van der Waals surface area contributed by atoms with Crippen LogP contribution in [-0.2, 0) is 4.79 Å². The minimum atomic E-state index is 0.148. The molecule has 0 bridgehead atoms. The zero-order valence-corrected chi connectivity index (χ0v) is 12.3. The summed E-state index contributed by atoms with van der Waals surface area (Å²) in [4.78, 5) is 22.2. The van der Waals surface area contributed by atoms with E-state index in [1.165, 1.54) is 19.3 Å². The molecule has 3 rings (SSSR count). The van der Waals surface area contributed by atoms with E-state index in [0.717, 1.165) is 31.7 Å². The molecule has 6 nitrogen and oxygen atoms in total. The van der Waals surface area contributed by atoms with Crippen LogP contribution >= 0.6 is 0 Å². The number of hydrogen-bond acceptors (Lipinski definition) is 5. The first-order valence-electron chi connectivity index (χ1n) is 7.80. The topological polar surface area (TPSA) is 67.3 Å². The summed E-state index contributed by atoms with van der Waals surface area (Å²) >= 11 is 0. The molecule has 1 aromatic rings. The molecule has 1 aromatic heterocycles. The summed E-state index contributed by atoms with van der Waals surface area (Å²) in [7, 11) is 0. The van der Waals surface area contributed by atoms with Gasteiger partial charge >= 0.3 is 0 Å². The second-order valence-corrected chi connectivity index (χ2v) is 5.68. The molecule has 1 amide bonds. The number of nitrogens with zero attached hydrogens (tertiary/aromatic N) is 3. The predicted molar refractivity (Wildman–Crippen MR) is 79.3 cm³/mol. The van der Waals surface area contributed by atoms with Crippen molar-refractivity contribution in [2.75, 3.05) is 31.1 Å². The number of hydrogen-bond donors (Lipinski definition) is 1. The molecular formula is C15H22N4O2. The number of rotatable bonds is 6. The minimum Gasteiger partial charge on any atom is -0.476 e. The van der Waals surface area contributed by atoms with Crippen LogP contribution in [0.4, 0.5) is 5.82 Å². The molecule has 1 saturated heterocycles. The van der Waals surface area contributed by atoms with Crippen molar-refractivity contribution in [3.63, 3.8) is 0 Å². The maximum atomic E-state index is 11.5. The van der Waals surface area contributed by atoms with Crippen molar-refractivity contribution in [2.24, 2.45) is 5.92 Å². The Morgan fingerprint density at radius 1 is 1.29 bits per heavy atom. The summed E-state index contributed by atoms with van der Waals surface area (Å²) in [5.41, 5.74) is 0. The Morgan fingerprint density at radius 2 is 2.10 bits per heavy atom. The highest BCUT2D eigenvalue weighted by atomic mass is 16.5. The monoisotopic (exact) mass is 290 g/mol. The lowest BCUT2D eigenvalue weighted by atomic mass is 10.1. The summed E-state index contributed by atoms with van der Waals surface area (Å²) in [6.07, 6.45) is 7.32. The Balaban J connectivity index is 1.45. The number of ether oxygens (including phenoxy) is 1. The van der Waals surface area contributed by atoms with Gasteiger partial charge in [-0.15, -0.1) is 0 Å². The first-order chi connectivity index (χ1) is 10.3. The van der Waals surface area contributed by atoms with Crippen LogP contribution in [0.1, 0.15) is 32.1 Å². The van der Waals surface area contributed by atoms with E-state index in [2.05, 4.69) is 20.2 Å². The highest BCUT2D eigenvalue weighted by molar-refractivity contribution is 5.80. The van der Waals surface area contributed by atoms with Gasteiger partial charge in [0.25, 0.3) is 0 Å². The highest BCUT2D eigenvalue weighted by Gasteiger charge is 2.29. The first kappa shape index (κ1) is 14.1. The molecule has 21 heavy (non-hydrogen) atoms. The molecule has 0 unspecified atom stereocenters. The van der Waals surface area contributed by atoms with Gasteiger partial charge in [0.15, 0.2) is 0 Å². The zero-order chi connectivity index (χ0) is 14.5. The third-order valence-electron chi connectivity index (χ3n) is 3.91. The van der Waals surface area contributed by atoms with Gasteiger partial charge in [-0.05, 0) is 32.1 Å². The van der Waals surface area contributed by atoms with Crippen LogP contribution in [0, 0.1) is 5.92 Å². The Bertz CT molecular complexity index is 484. The Labute approximate surface area is 124 Å². The Kier molecular flexibility index (Phi) is 4.52. The molecule has 0 atom stereocenters. The quantitative estimate of drug-likeness (QED) is 0.802. The second-order valence-electron chi connectivity index (χ2n) is 5.68. The van der Waals surface area contributed by atoms with Gasteiger partial charge in [-0.25, -0.2) is 9.97 Å². The molecule has 0 radical (unpaired) electrons. The van der Waals surface area contributed by atoms with Crippen molar-refractivity contribution in [2.45, 2.75) is 32.1 Å². The molecule has 2 aliphatic rings. The second kappa shape index (κ2) is 6.74. The molecular weight excluding hydrogens is 268 g/mol. The van der Waals surface area contributed by atoms with Gasteiger partial charge in [-0.2, -0.15) is 0 Å². The number of carbonyl (C=O) groups excluding carboxylic acids is 1. The number of carbonyl (C=O) groups is 1. The van der Waals surface area contributed by atoms with Gasteiger partial charge in [0.2, 0.25) is 11.8 Å². The average Bonchev–Trinajstić information content (AvgIpc) is 3.37. The number of amides is 1. The summed E-state index contributed by atoms with van der Waals surface area (Å²) in [5, 5.41) is 2.88. The van der Waals surface area contributed by atoms with Crippen LogP contribution in [0.3, 0.4) is 0 Å². The maximum absolute atomic E-state index is 11.5. The van der Waals surface area contributed by atoms with Crippen molar-refractivity contribution >= 4 is 11.7 Å². The summed E-state index contributed by atoms with van der Waals surface area (Å²) < 4.78 is 5.60. The Morgan fingerprint density at radius 3 is 2.86 bits per heavy atom. The lowest BCUT2D eigenvalue weighted by molar-refractivity contribution is -0.122. The van der Waals surface area contributed by atoms with E-state index in [-0.39, 0.29) is 11.8 Å². The van der Waals surface area contributed by atoms with Crippen molar-refractivity contribution in [1.29, 1.82) is 0 Å². The van der Waals surface area contributed by atoms with Crippen molar-refractivity contribution in [3.8, 4) is 5.88 Å². The molecule has 2 heterocycles. The molecule has 0 spiro atoms. The summed E-state index contributed by atoms with van der Waals surface area (Å²) in [6, 6.07) is 1.88. The van der Waals surface area contributed by atoms with Gasteiger partial charge < -0.3 is 15.0 Å². The molecule has 0 aromatic carbocycles. The van der Waals surface area contributed by atoms with Gasteiger partial charge in [0, 0.05) is 25.1 Å². The highest BCUT2D eigenvalue weighted by Crippen LogP contribution is 2.28. The standard InChI is InChI=1S/C15H22N4O2/c20-15(12-4-5-12)16-6-9-21-14-10-13(17-11-18-14)19-7-2-1-3-8-19/h10-12H,1-9H2,(H,16,20). The molecule has 1 N–H and O–H groups in total. The fraction of sp³-hybridized carbons (Fsp3) is 0.667. The van der Waals surface area contributed by atoms with Crippen LogP contribution in [0.15, 0.2) is 12.4 Å². The van der Waals surface area contributed by atoms with E-state index in [4.69, 9.17) is 4.74 Å². The maximum Gasteiger partial charge on any atom is 0.223 e. The predicted octanol–water partition coefficient (Wildman–Crippen LogP) is 1.37. The molecule has 6 heteroatoms. The van der Waals surface area contributed by atoms with Crippen molar-refractivity contribution in [1.82, 2.24) is 15.3 Å². The summed E-state index contributed by atoms with van der Waals surface area (Å²) in [5.74, 6) is 1.90. The van der Waals surface area contributed by atoms with E-state index in [1.807, 2.05) is 6.07 Å². The normalized spacial score (nSPS) is 18.4. The molecule has 1 saturated carbocycles. The van der Waals surface area contributed by atoms with Crippen LogP contribution in [0.2, 0.25) is 0 Å². The zero-order valence-electron chi connectivity index (χ0n) is 12.3. The third kappa shape index (κ3) is 4.06. The first-order valence-corrected chi connectivity index (χ1v) is 7.80. The number of piperidine rings is 1. The molecule has 2 fully saturated rings. The van der Waals surface area contributed by atoms with Gasteiger partial charge in [0.1, 0.15) is 18.8 Å². The van der Waals surface area contributed by atoms with Crippen molar-refractivity contribution in [3.05, 3.63) is 12.4 Å². The SMILES string of the molecule is O=C(NCCOc1cc(N2CCCCC2)ncn1)C1CC1. The number of aromatic nitrogens is 2. The van der Waals surface area contributed by atoms with E-state index < -0.39 is 0 Å². The molecule has 114 valence electrons. The van der Waals surface area contributed by atoms with Crippen LogP contribution in [-0.4, -0.2) is 42.1 Å². The van der Waals surface area contributed by atoms with Gasteiger partial charge in [-0.3, -0.25) is 4.79 Å². The summed E-state index contributed by atoms with van der Waals surface area (Å²) in [6.45, 7) is 3.06. The van der Waals surface area contributed by atoms with E-state index in [1.54, 1.807) is 6.33 Å². The van der Waals surface area contributed by atoms with Crippen LogP contribution in [0.5, 0.6) is 5.88 Å². The van der Waals surface area contributed by atoms with Crippen LogP contribution < -0.4 is 15.0 Å². The number of anilines is 1. The molecule has 1 aliphatic carbocycles. The van der Waals surface area contributed by atoms with Crippen LogP contribution in [0.25, 0.3) is 0 Å². The lowest BCUT2D eigenvalue weighted by Crippen LogP contribution is -2.30.